The summed E-state index contributed by atoms with van der Waals surface area (Å²) in [6.07, 6.45) is 1.45. The molecule has 1 N–H and O–H groups in total. The molecule has 1 rings (SSSR count). The van der Waals surface area contributed by atoms with Crippen molar-refractivity contribution in [3.8, 4) is 0 Å². The van der Waals surface area contributed by atoms with Gasteiger partial charge in [-0.25, -0.2) is 9.59 Å². The molecule has 1 aromatic heterocycles. The van der Waals surface area contributed by atoms with E-state index in [1.54, 1.807) is 32.9 Å². The van der Waals surface area contributed by atoms with Gasteiger partial charge in [-0.3, -0.25) is 9.78 Å². The van der Waals surface area contributed by atoms with Gasteiger partial charge in [-0.15, -0.1) is 0 Å². The van der Waals surface area contributed by atoms with Crippen molar-refractivity contribution < 1.29 is 23.9 Å². The molecule has 0 unspecified atom stereocenters. The molecule has 0 aliphatic heterocycles. The van der Waals surface area contributed by atoms with Crippen LogP contribution < -0.4 is 5.32 Å². The van der Waals surface area contributed by atoms with E-state index in [0.29, 0.717) is 5.56 Å². The van der Waals surface area contributed by atoms with Crippen LogP contribution in [0.25, 0.3) is 0 Å². The number of ether oxygens (including phenoxy) is 2. The number of aromatic nitrogens is 1. The minimum Gasteiger partial charge on any atom is -0.464 e. The molecule has 0 aliphatic carbocycles. The van der Waals surface area contributed by atoms with Gasteiger partial charge in [-0.2, -0.15) is 0 Å². The van der Waals surface area contributed by atoms with Crippen LogP contribution in [0.1, 0.15) is 29.9 Å². The van der Waals surface area contributed by atoms with Gasteiger partial charge in [0.25, 0.3) is 5.91 Å². The number of carbonyl (C=O) groups excluding carboxylic acids is 3. The minimum absolute atomic E-state index is 0.0905. The van der Waals surface area contributed by atoms with Gasteiger partial charge in [0.15, 0.2) is 0 Å². The number of esters is 2. The van der Waals surface area contributed by atoms with Crippen LogP contribution >= 0.6 is 0 Å². The van der Waals surface area contributed by atoms with E-state index >= 15 is 0 Å². The highest BCUT2D eigenvalue weighted by atomic mass is 16.6. The number of hydrogen-bond acceptors (Lipinski definition) is 6. The van der Waals surface area contributed by atoms with Crippen LogP contribution in [0, 0.1) is 6.92 Å². The molecule has 21 heavy (non-hydrogen) atoms. The molecule has 0 atom stereocenters. The lowest BCUT2D eigenvalue weighted by Crippen LogP contribution is -2.48. The van der Waals surface area contributed by atoms with Crippen molar-refractivity contribution in [1.82, 2.24) is 10.3 Å². The van der Waals surface area contributed by atoms with Gasteiger partial charge in [0.05, 0.1) is 13.2 Å². The van der Waals surface area contributed by atoms with Gasteiger partial charge >= 0.3 is 11.9 Å². The SMILES string of the molecule is CCOC(=O)C(NC(=O)c1ncccc1C)C(=O)OCC. The molecule has 0 aliphatic rings. The number of carbonyl (C=O) groups is 3. The summed E-state index contributed by atoms with van der Waals surface area (Å²) in [6, 6.07) is 1.88. The summed E-state index contributed by atoms with van der Waals surface area (Å²) in [5, 5.41) is 2.29. The second-order valence-corrected chi connectivity index (χ2v) is 4.08. The number of hydrogen-bond donors (Lipinski definition) is 1. The number of nitrogens with one attached hydrogen (secondary N) is 1. The summed E-state index contributed by atoms with van der Waals surface area (Å²) in [6.45, 7) is 5.09. The van der Waals surface area contributed by atoms with E-state index in [1.807, 2.05) is 0 Å². The van der Waals surface area contributed by atoms with Gasteiger partial charge in [0, 0.05) is 6.20 Å². The first-order valence-electron chi connectivity index (χ1n) is 6.57. The van der Waals surface area contributed by atoms with Crippen molar-refractivity contribution in [2.24, 2.45) is 0 Å². The normalized spacial score (nSPS) is 10.1. The largest absolute Gasteiger partial charge is 0.464 e. The third-order valence-electron chi connectivity index (χ3n) is 2.54. The molecule has 0 bridgehead atoms. The lowest BCUT2D eigenvalue weighted by molar-refractivity contribution is -0.157. The van der Waals surface area contributed by atoms with Crippen LogP contribution in [-0.2, 0) is 19.1 Å². The molecular formula is C14H18N2O5. The minimum atomic E-state index is -1.50. The zero-order valence-corrected chi connectivity index (χ0v) is 12.2. The van der Waals surface area contributed by atoms with Crippen LogP contribution in [0.4, 0.5) is 0 Å². The van der Waals surface area contributed by atoms with Crippen LogP contribution in [0.3, 0.4) is 0 Å². The second-order valence-electron chi connectivity index (χ2n) is 4.08. The Kier molecular flexibility index (Phi) is 6.32. The van der Waals surface area contributed by atoms with Gasteiger partial charge in [-0.1, -0.05) is 6.07 Å². The zero-order valence-electron chi connectivity index (χ0n) is 12.2. The Morgan fingerprint density at radius 1 is 1.19 bits per heavy atom. The highest BCUT2D eigenvalue weighted by molar-refractivity contribution is 6.05. The topological polar surface area (TPSA) is 94.6 Å². The summed E-state index contributed by atoms with van der Waals surface area (Å²) in [5.41, 5.74) is 0.762. The third-order valence-corrected chi connectivity index (χ3v) is 2.54. The predicted molar refractivity (Wildman–Crippen MR) is 73.5 cm³/mol. The van der Waals surface area contributed by atoms with E-state index in [0.717, 1.165) is 0 Å². The number of rotatable bonds is 6. The monoisotopic (exact) mass is 294 g/mol. The first kappa shape index (κ1) is 16.6. The summed E-state index contributed by atoms with van der Waals surface area (Å²) in [4.78, 5) is 39.5. The maximum absolute atomic E-state index is 12.1. The number of pyridine rings is 1. The van der Waals surface area contributed by atoms with Crippen molar-refractivity contribution >= 4 is 17.8 Å². The highest BCUT2D eigenvalue weighted by Gasteiger charge is 2.32. The Labute approximate surface area is 122 Å². The van der Waals surface area contributed by atoms with Gasteiger partial charge in [0.1, 0.15) is 5.69 Å². The molecule has 0 radical (unpaired) electrons. The predicted octanol–water partition coefficient (Wildman–Crippen LogP) is 0.615. The zero-order chi connectivity index (χ0) is 15.8. The molecule has 0 aromatic carbocycles. The Bertz CT molecular complexity index is 512. The number of amides is 1. The first-order valence-corrected chi connectivity index (χ1v) is 6.57. The molecular weight excluding hydrogens is 276 g/mol. The summed E-state index contributed by atoms with van der Waals surface area (Å²) in [5.74, 6) is -2.37. The fourth-order valence-corrected chi connectivity index (χ4v) is 1.59. The molecule has 1 aromatic rings. The van der Waals surface area contributed by atoms with E-state index in [2.05, 4.69) is 10.3 Å². The molecule has 1 heterocycles. The van der Waals surface area contributed by atoms with Crippen molar-refractivity contribution in [3.63, 3.8) is 0 Å². The Hall–Kier alpha value is -2.44. The average Bonchev–Trinajstić information content (AvgIpc) is 2.45. The first-order chi connectivity index (χ1) is 10.0. The number of nitrogens with zero attached hydrogens (tertiary/aromatic N) is 1. The van der Waals surface area contributed by atoms with Crippen LogP contribution in [0.5, 0.6) is 0 Å². The highest BCUT2D eigenvalue weighted by Crippen LogP contribution is 2.04. The summed E-state index contributed by atoms with van der Waals surface area (Å²) < 4.78 is 9.53. The van der Waals surface area contributed by atoms with E-state index < -0.39 is 23.9 Å². The molecule has 114 valence electrons. The standard InChI is InChI=1S/C14H18N2O5/c1-4-20-13(18)11(14(19)21-5-2)16-12(17)10-9(3)7-6-8-15-10/h6-8,11H,4-5H2,1-3H3,(H,16,17). The lowest BCUT2D eigenvalue weighted by atomic mass is 10.2. The van der Waals surface area contributed by atoms with Crippen molar-refractivity contribution in [2.45, 2.75) is 26.8 Å². The van der Waals surface area contributed by atoms with Crippen LogP contribution in [0.2, 0.25) is 0 Å². The van der Waals surface area contributed by atoms with E-state index in [-0.39, 0.29) is 18.9 Å². The number of aryl methyl sites for hydroxylation is 1. The van der Waals surface area contributed by atoms with Crippen molar-refractivity contribution in [1.29, 1.82) is 0 Å². The van der Waals surface area contributed by atoms with Gasteiger partial charge in [-0.05, 0) is 32.4 Å². The summed E-state index contributed by atoms with van der Waals surface area (Å²) in [7, 11) is 0. The Morgan fingerprint density at radius 2 is 1.76 bits per heavy atom. The molecule has 1 amide bonds. The van der Waals surface area contributed by atoms with Crippen LogP contribution in [-0.4, -0.2) is 42.1 Å². The summed E-state index contributed by atoms with van der Waals surface area (Å²) >= 11 is 0. The molecule has 7 heteroatoms. The lowest BCUT2D eigenvalue weighted by Gasteiger charge is -2.16. The molecule has 0 spiro atoms. The third kappa shape index (κ3) is 4.55. The quantitative estimate of drug-likeness (QED) is 0.610. The Balaban J connectivity index is 2.90. The molecule has 0 saturated heterocycles. The smallest absolute Gasteiger partial charge is 0.340 e. The maximum Gasteiger partial charge on any atom is 0.340 e. The Morgan fingerprint density at radius 3 is 2.24 bits per heavy atom. The van der Waals surface area contributed by atoms with E-state index in [4.69, 9.17) is 9.47 Å². The van der Waals surface area contributed by atoms with Crippen molar-refractivity contribution in [2.75, 3.05) is 13.2 Å². The molecule has 0 saturated carbocycles. The average molecular weight is 294 g/mol. The van der Waals surface area contributed by atoms with E-state index in [1.165, 1.54) is 6.20 Å². The van der Waals surface area contributed by atoms with Gasteiger partial charge in [0.2, 0.25) is 6.04 Å². The molecule has 7 nitrogen and oxygen atoms in total. The van der Waals surface area contributed by atoms with Gasteiger partial charge < -0.3 is 14.8 Å². The second kappa shape index (κ2) is 7.98. The fraction of sp³-hybridized carbons (Fsp3) is 0.429. The molecule has 0 fully saturated rings. The van der Waals surface area contributed by atoms with E-state index in [9.17, 15) is 14.4 Å². The van der Waals surface area contributed by atoms with Crippen LogP contribution in [0.15, 0.2) is 18.3 Å². The fourth-order valence-electron chi connectivity index (χ4n) is 1.59. The van der Waals surface area contributed by atoms with Crippen molar-refractivity contribution in [3.05, 3.63) is 29.6 Å². The maximum atomic E-state index is 12.1.